The average molecular weight is 455 g/mol. The molecule has 0 atom stereocenters. The third kappa shape index (κ3) is 4.80. The number of anilines is 1. The van der Waals surface area contributed by atoms with E-state index >= 15 is 0 Å². The van der Waals surface area contributed by atoms with Crippen molar-refractivity contribution in [3.8, 4) is 17.2 Å². The molecular formula is C25H30N2O6. The van der Waals surface area contributed by atoms with Crippen LogP contribution in [0.1, 0.15) is 23.1 Å². The minimum atomic E-state index is -0.391. The van der Waals surface area contributed by atoms with E-state index in [-0.39, 0.29) is 18.1 Å². The Hall–Kier alpha value is -3.52. The molecule has 8 nitrogen and oxygen atoms in total. The summed E-state index contributed by atoms with van der Waals surface area (Å²) in [7, 11) is 6.14. The predicted octanol–water partition coefficient (Wildman–Crippen LogP) is 3.56. The minimum Gasteiger partial charge on any atom is -0.493 e. The van der Waals surface area contributed by atoms with E-state index < -0.39 is 5.91 Å². The van der Waals surface area contributed by atoms with Crippen molar-refractivity contribution >= 4 is 23.1 Å². The third-order valence-corrected chi connectivity index (χ3v) is 5.63. The topological polar surface area (TPSA) is 86.3 Å². The molecule has 0 spiro atoms. The van der Waals surface area contributed by atoms with Gasteiger partial charge in [0, 0.05) is 38.1 Å². The van der Waals surface area contributed by atoms with E-state index in [1.165, 1.54) is 26.2 Å². The molecular weight excluding hydrogens is 424 g/mol. The van der Waals surface area contributed by atoms with Gasteiger partial charge in [0.25, 0.3) is 11.8 Å². The highest BCUT2D eigenvalue weighted by molar-refractivity contribution is 6.36. The van der Waals surface area contributed by atoms with Crippen LogP contribution in [0, 0.1) is 13.8 Å². The van der Waals surface area contributed by atoms with Gasteiger partial charge in [-0.05, 0) is 37.0 Å². The summed E-state index contributed by atoms with van der Waals surface area (Å²) in [5.74, 6) is 0.569. The number of aryl methyl sites for hydroxylation is 2. The number of hydrogen-bond acceptors (Lipinski definition) is 7. The Labute approximate surface area is 194 Å². The number of hydrogen-bond donors (Lipinski definition) is 1. The van der Waals surface area contributed by atoms with E-state index in [0.717, 1.165) is 11.1 Å². The Morgan fingerprint density at radius 2 is 1.52 bits per heavy atom. The highest BCUT2D eigenvalue weighted by Crippen LogP contribution is 2.41. The van der Waals surface area contributed by atoms with E-state index in [9.17, 15) is 9.59 Å². The Kier molecular flexibility index (Phi) is 7.60. The summed E-state index contributed by atoms with van der Waals surface area (Å²) in [5.41, 5.74) is 3.88. The Morgan fingerprint density at radius 1 is 0.848 bits per heavy atom. The van der Waals surface area contributed by atoms with Gasteiger partial charge in [-0.1, -0.05) is 18.2 Å². The van der Waals surface area contributed by atoms with Crippen LogP contribution in [0.5, 0.6) is 17.2 Å². The second kappa shape index (κ2) is 10.4. The molecule has 0 fully saturated rings. The molecule has 1 heterocycles. The molecule has 0 bridgehead atoms. The maximum atomic E-state index is 13.4. The van der Waals surface area contributed by atoms with Crippen LogP contribution >= 0.6 is 0 Å². The van der Waals surface area contributed by atoms with Gasteiger partial charge >= 0.3 is 0 Å². The van der Waals surface area contributed by atoms with Gasteiger partial charge in [0.05, 0.1) is 26.9 Å². The fourth-order valence-corrected chi connectivity index (χ4v) is 3.72. The van der Waals surface area contributed by atoms with Crippen molar-refractivity contribution in [2.45, 2.75) is 20.3 Å². The number of rotatable bonds is 10. The predicted molar refractivity (Wildman–Crippen MR) is 126 cm³/mol. The molecule has 1 aliphatic heterocycles. The smallest absolute Gasteiger partial charge is 0.278 e. The van der Waals surface area contributed by atoms with Crippen molar-refractivity contribution < 1.29 is 28.5 Å². The zero-order chi connectivity index (χ0) is 24.1. The molecule has 1 aliphatic rings. The fraction of sp³-hybridized carbons (Fsp3) is 0.360. The van der Waals surface area contributed by atoms with Crippen molar-refractivity contribution in [2.24, 2.45) is 0 Å². The Bertz CT molecular complexity index is 1070. The van der Waals surface area contributed by atoms with Crippen LogP contribution in [0.15, 0.2) is 36.0 Å². The maximum Gasteiger partial charge on any atom is 0.278 e. The average Bonchev–Trinajstić information content (AvgIpc) is 3.04. The lowest BCUT2D eigenvalue weighted by atomic mass is 9.99. The summed E-state index contributed by atoms with van der Waals surface area (Å²) in [6.45, 7) is 4.69. The summed E-state index contributed by atoms with van der Waals surface area (Å²) in [6.07, 6.45) is 0.547. The molecule has 3 rings (SSSR count). The molecule has 0 aliphatic carbocycles. The summed E-state index contributed by atoms with van der Waals surface area (Å²) < 4.78 is 21.3. The summed E-state index contributed by atoms with van der Waals surface area (Å²) in [6, 6.07) is 9.11. The van der Waals surface area contributed by atoms with Crippen molar-refractivity contribution in [3.63, 3.8) is 0 Å². The van der Waals surface area contributed by atoms with Gasteiger partial charge in [0.1, 0.15) is 5.70 Å². The van der Waals surface area contributed by atoms with Gasteiger partial charge in [0.15, 0.2) is 11.5 Å². The van der Waals surface area contributed by atoms with Gasteiger partial charge in [-0.25, -0.2) is 0 Å². The molecule has 0 saturated heterocycles. The van der Waals surface area contributed by atoms with Crippen LogP contribution in [0.4, 0.5) is 5.69 Å². The molecule has 2 amide bonds. The molecule has 0 aromatic heterocycles. The van der Waals surface area contributed by atoms with E-state index in [1.54, 1.807) is 19.2 Å². The first kappa shape index (κ1) is 24.1. The van der Waals surface area contributed by atoms with Crippen LogP contribution in [0.2, 0.25) is 0 Å². The standard InChI is InChI=1S/C25H30N2O6/c1-15-8-9-17(12-16(15)2)21-22(25(29)27(24(21)28)10-7-11-30-3)26-18-13-19(31-4)23(33-6)20(14-18)32-5/h8-9,12-14,26H,7,10-11H2,1-6H3. The quantitative estimate of drug-likeness (QED) is 0.434. The fourth-order valence-electron chi connectivity index (χ4n) is 3.72. The Balaban J connectivity index is 2.09. The Morgan fingerprint density at radius 3 is 2.06 bits per heavy atom. The number of carbonyl (C=O) groups excluding carboxylic acids is 2. The van der Waals surface area contributed by atoms with Crippen LogP contribution in [-0.2, 0) is 14.3 Å². The number of methoxy groups -OCH3 is 4. The zero-order valence-corrected chi connectivity index (χ0v) is 19.9. The number of nitrogens with one attached hydrogen (secondary N) is 1. The molecule has 1 N–H and O–H groups in total. The maximum absolute atomic E-state index is 13.4. The summed E-state index contributed by atoms with van der Waals surface area (Å²) >= 11 is 0. The van der Waals surface area contributed by atoms with Gasteiger partial charge in [0.2, 0.25) is 5.75 Å². The lowest BCUT2D eigenvalue weighted by molar-refractivity contribution is -0.136. The number of benzene rings is 2. The molecule has 8 heteroatoms. The first-order valence-corrected chi connectivity index (χ1v) is 10.6. The zero-order valence-electron chi connectivity index (χ0n) is 19.9. The van der Waals surface area contributed by atoms with E-state index in [4.69, 9.17) is 18.9 Å². The molecule has 176 valence electrons. The molecule has 0 radical (unpaired) electrons. The SMILES string of the molecule is COCCCN1C(=O)C(Nc2cc(OC)c(OC)c(OC)c2)=C(c2ccc(C)c(C)c2)C1=O. The second-order valence-corrected chi connectivity index (χ2v) is 7.70. The summed E-state index contributed by atoms with van der Waals surface area (Å²) in [5, 5.41) is 3.15. The lowest BCUT2D eigenvalue weighted by Gasteiger charge is -2.16. The molecule has 0 saturated carbocycles. The van der Waals surface area contributed by atoms with Gasteiger partial charge < -0.3 is 24.3 Å². The normalized spacial score (nSPS) is 13.6. The molecule has 2 aromatic carbocycles. The second-order valence-electron chi connectivity index (χ2n) is 7.70. The van der Waals surface area contributed by atoms with Gasteiger partial charge in [-0.15, -0.1) is 0 Å². The summed E-state index contributed by atoms with van der Waals surface area (Å²) in [4.78, 5) is 27.9. The first-order valence-electron chi connectivity index (χ1n) is 10.6. The van der Waals surface area contributed by atoms with Crippen LogP contribution in [0.3, 0.4) is 0 Å². The minimum absolute atomic E-state index is 0.204. The number of ether oxygens (including phenoxy) is 4. The van der Waals surface area contributed by atoms with Crippen LogP contribution < -0.4 is 19.5 Å². The number of carbonyl (C=O) groups is 2. The van der Waals surface area contributed by atoms with Crippen molar-refractivity contribution in [1.82, 2.24) is 4.90 Å². The van der Waals surface area contributed by atoms with Crippen molar-refractivity contribution in [2.75, 3.05) is 46.9 Å². The number of imide groups is 1. The first-order chi connectivity index (χ1) is 15.9. The van der Waals surface area contributed by atoms with E-state index in [2.05, 4.69) is 5.32 Å². The number of amides is 2. The molecule has 2 aromatic rings. The third-order valence-electron chi connectivity index (χ3n) is 5.63. The van der Waals surface area contributed by atoms with Gasteiger partial charge in [-0.3, -0.25) is 14.5 Å². The molecule has 33 heavy (non-hydrogen) atoms. The van der Waals surface area contributed by atoms with E-state index in [0.29, 0.717) is 47.1 Å². The van der Waals surface area contributed by atoms with Crippen LogP contribution in [-0.4, -0.2) is 58.3 Å². The largest absolute Gasteiger partial charge is 0.493 e. The van der Waals surface area contributed by atoms with Gasteiger partial charge in [-0.2, -0.15) is 0 Å². The monoisotopic (exact) mass is 454 g/mol. The van der Waals surface area contributed by atoms with Crippen molar-refractivity contribution in [3.05, 3.63) is 52.7 Å². The van der Waals surface area contributed by atoms with E-state index in [1.807, 2.05) is 32.0 Å². The van der Waals surface area contributed by atoms with Crippen molar-refractivity contribution in [1.29, 1.82) is 0 Å². The number of nitrogens with zero attached hydrogens (tertiary/aromatic N) is 1. The lowest BCUT2D eigenvalue weighted by Crippen LogP contribution is -2.33. The molecule has 0 unspecified atom stereocenters. The highest BCUT2D eigenvalue weighted by atomic mass is 16.5. The van der Waals surface area contributed by atoms with Crippen LogP contribution in [0.25, 0.3) is 5.57 Å². The highest BCUT2D eigenvalue weighted by Gasteiger charge is 2.39.